The van der Waals surface area contributed by atoms with Gasteiger partial charge >= 0.3 is 5.97 Å². The van der Waals surface area contributed by atoms with Crippen LogP contribution in [0, 0.1) is 0 Å². The molecule has 1 aromatic carbocycles. The first kappa shape index (κ1) is 12.1. The molecule has 3 heteroatoms. The smallest absolute Gasteiger partial charge is 0.307 e. The van der Waals surface area contributed by atoms with Crippen molar-refractivity contribution in [1.82, 2.24) is 5.32 Å². The van der Waals surface area contributed by atoms with Crippen molar-refractivity contribution in [3.05, 3.63) is 35.4 Å². The third kappa shape index (κ3) is 3.07. The quantitative estimate of drug-likeness (QED) is 0.810. The third-order valence-corrected chi connectivity index (χ3v) is 3.17. The predicted molar refractivity (Wildman–Crippen MR) is 66.8 cm³/mol. The van der Waals surface area contributed by atoms with Crippen molar-refractivity contribution in [2.24, 2.45) is 0 Å². The maximum absolute atomic E-state index is 11.6. The molecule has 0 aromatic heterocycles. The molecule has 1 aliphatic carbocycles. The molecule has 0 saturated heterocycles. The van der Waals surface area contributed by atoms with Gasteiger partial charge in [-0.2, -0.15) is 0 Å². The van der Waals surface area contributed by atoms with E-state index in [-0.39, 0.29) is 12.1 Å². The highest BCUT2D eigenvalue weighted by atomic mass is 16.5. The van der Waals surface area contributed by atoms with Crippen LogP contribution in [0.4, 0.5) is 0 Å². The van der Waals surface area contributed by atoms with Crippen LogP contribution < -0.4 is 5.32 Å². The number of fused-ring (bicyclic) bond motifs is 1. The van der Waals surface area contributed by atoms with Gasteiger partial charge in [0.05, 0.1) is 6.42 Å². The molecule has 0 spiro atoms. The minimum atomic E-state index is -0.110. The van der Waals surface area contributed by atoms with E-state index < -0.39 is 0 Å². The van der Waals surface area contributed by atoms with E-state index in [0.717, 1.165) is 19.3 Å². The van der Waals surface area contributed by atoms with Crippen molar-refractivity contribution in [2.75, 3.05) is 13.6 Å². The van der Waals surface area contributed by atoms with Gasteiger partial charge in [0.15, 0.2) is 0 Å². The average molecular weight is 233 g/mol. The maximum Gasteiger partial charge on any atom is 0.307 e. The lowest BCUT2D eigenvalue weighted by Gasteiger charge is -2.25. The van der Waals surface area contributed by atoms with E-state index in [2.05, 4.69) is 17.4 Å². The monoisotopic (exact) mass is 233 g/mol. The summed E-state index contributed by atoms with van der Waals surface area (Å²) >= 11 is 0. The van der Waals surface area contributed by atoms with Crippen molar-refractivity contribution in [1.29, 1.82) is 0 Å². The van der Waals surface area contributed by atoms with Crippen molar-refractivity contribution in [3.63, 3.8) is 0 Å². The lowest BCUT2D eigenvalue weighted by molar-refractivity contribution is -0.150. The number of aryl methyl sites for hydroxylation is 1. The summed E-state index contributed by atoms with van der Waals surface area (Å²) < 4.78 is 5.54. The van der Waals surface area contributed by atoms with E-state index in [0.29, 0.717) is 13.0 Å². The summed E-state index contributed by atoms with van der Waals surface area (Å²) in [5, 5.41) is 2.95. The molecule has 92 valence electrons. The first-order valence-corrected chi connectivity index (χ1v) is 6.23. The zero-order valence-electron chi connectivity index (χ0n) is 10.2. The Morgan fingerprint density at radius 1 is 1.47 bits per heavy atom. The van der Waals surface area contributed by atoms with Gasteiger partial charge in [-0.15, -0.1) is 0 Å². The number of nitrogens with one attached hydrogen (secondary N) is 1. The second-order valence-electron chi connectivity index (χ2n) is 4.42. The minimum absolute atomic E-state index is 0.0377. The molecule has 1 N–H and O–H groups in total. The van der Waals surface area contributed by atoms with Gasteiger partial charge < -0.3 is 10.1 Å². The van der Waals surface area contributed by atoms with Gasteiger partial charge in [0.2, 0.25) is 0 Å². The summed E-state index contributed by atoms with van der Waals surface area (Å²) in [6.45, 7) is 0.674. The molecule has 0 fully saturated rings. The summed E-state index contributed by atoms with van der Waals surface area (Å²) in [4.78, 5) is 11.6. The summed E-state index contributed by atoms with van der Waals surface area (Å²) in [7, 11) is 1.84. The van der Waals surface area contributed by atoms with Crippen molar-refractivity contribution in [2.45, 2.75) is 31.8 Å². The van der Waals surface area contributed by atoms with Gasteiger partial charge in [0.25, 0.3) is 0 Å². The normalized spacial score (nSPS) is 18.5. The Kier molecular flexibility index (Phi) is 4.15. The number of rotatable bonds is 4. The van der Waals surface area contributed by atoms with Crippen LogP contribution >= 0.6 is 0 Å². The van der Waals surface area contributed by atoms with Gasteiger partial charge in [-0.1, -0.05) is 24.3 Å². The Hall–Kier alpha value is -1.35. The summed E-state index contributed by atoms with van der Waals surface area (Å²) in [6, 6.07) is 8.26. The van der Waals surface area contributed by atoms with Crippen LogP contribution in [0.5, 0.6) is 0 Å². The number of hydrogen-bond donors (Lipinski definition) is 1. The van der Waals surface area contributed by atoms with E-state index in [4.69, 9.17) is 4.74 Å². The average Bonchev–Trinajstić information content (AvgIpc) is 2.37. The standard InChI is InChI=1S/C14H19NO2/c1-15-10-9-14(16)17-13-8-4-6-11-5-2-3-7-12(11)13/h2-3,5,7,13,15H,4,6,8-10H2,1H3. The first-order chi connectivity index (χ1) is 8.31. The van der Waals surface area contributed by atoms with E-state index in [1.165, 1.54) is 11.1 Å². The van der Waals surface area contributed by atoms with Gasteiger partial charge in [-0.3, -0.25) is 4.79 Å². The molecule has 3 nitrogen and oxygen atoms in total. The summed E-state index contributed by atoms with van der Waals surface area (Å²) in [5.74, 6) is -0.110. The fourth-order valence-corrected chi connectivity index (χ4v) is 2.28. The van der Waals surface area contributed by atoms with Crippen LogP contribution in [-0.2, 0) is 16.0 Å². The van der Waals surface area contributed by atoms with Crippen LogP contribution in [0.15, 0.2) is 24.3 Å². The van der Waals surface area contributed by atoms with Crippen LogP contribution in [-0.4, -0.2) is 19.6 Å². The van der Waals surface area contributed by atoms with Gasteiger partial charge in [0.1, 0.15) is 6.10 Å². The van der Waals surface area contributed by atoms with Crippen LogP contribution in [0.25, 0.3) is 0 Å². The molecule has 2 rings (SSSR count). The minimum Gasteiger partial charge on any atom is -0.457 e. The Morgan fingerprint density at radius 2 is 2.29 bits per heavy atom. The number of carbonyl (C=O) groups excluding carboxylic acids is 1. The van der Waals surface area contributed by atoms with Gasteiger partial charge in [-0.25, -0.2) is 0 Å². The highest BCUT2D eigenvalue weighted by molar-refractivity contribution is 5.70. The highest BCUT2D eigenvalue weighted by Gasteiger charge is 2.22. The molecule has 1 unspecified atom stereocenters. The van der Waals surface area contributed by atoms with E-state index in [1.807, 2.05) is 19.2 Å². The Labute approximate surface area is 102 Å². The molecular weight excluding hydrogens is 214 g/mol. The zero-order valence-corrected chi connectivity index (χ0v) is 10.2. The van der Waals surface area contributed by atoms with Crippen LogP contribution in [0.3, 0.4) is 0 Å². The first-order valence-electron chi connectivity index (χ1n) is 6.23. The zero-order chi connectivity index (χ0) is 12.1. The molecule has 17 heavy (non-hydrogen) atoms. The molecule has 0 amide bonds. The molecule has 1 atom stereocenters. The molecule has 1 aromatic rings. The lowest BCUT2D eigenvalue weighted by Crippen LogP contribution is -2.20. The fraction of sp³-hybridized carbons (Fsp3) is 0.500. The molecule has 0 aliphatic heterocycles. The van der Waals surface area contributed by atoms with E-state index in [1.54, 1.807) is 0 Å². The fourth-order valence-electron chi connectivity index (χ4n) is 2.28. The van der Waals surface area contributed by atoms with Crippen molar-refractivity contribution >= 4 is 5.97 Å². The number of ether oxygens (including phenoxy) is 1. The largest absolute Gasteiger partial charge is 0.457 e. The van der Waals surface area contributed by atoms with Crippen molar-refractivity contribution in [3.8, 4) is 0 Å². The molecule has 1 aliphatic rings. The molecule has 0 saturated carbocycles. The van der Waals surface area contributed by atoms with Crippen molar-refractivity contribution < 1.29 is 9.53 Å². The van der Waals surface area contributed by atoms with Crippen LogP contribution in [0.2, 0.25) is 0 Å². The second kappa shape index (κ2) is 5.82. The molecule has 0 bridgehead atoms. The summed E-state index contributed by atoms with van der Waals surface area (Å²) in [6.07, 6.45) is 3.54. The van der Waals surface area contributed by atoms with E-state index in [9.17, 15) is 4.79 Å². The van der Waals surface area contributed by atoms with Gasteiger partial charge in [-0.05, 0) is 37.4 Å². The van der Waals surface area contributed by atoms with Crippen LogP contribution in [0.1, 0.15) is 36.5 Å². The number of carbonyl (C=O) groups is 1. The molecule has 0 radical (unpaired) electrons. The van der Waals surface area contributed by atoms with E-state index >= 15 is 0 Å². The Bertz CT molecular complexity index is 390. The number of benzene rings is 1. The Balaban J connectivity index is 2.01. The topological polar surface area (TPSA) is 38.3 Å². The number of hydrogen-bond acceptors (Lipinski definition) is 3. The SMILES string of the molecule is CNCCC(=O)OC1CCCc2ccccc21. The second-order valence-corrected chi connectivity index (χ2v) is 4.42. The maximum atomic E-state index is 11.6. The lowest BCUT2D eigenvalue weighted by atomic mass is 9.89. The highest BCUT2D eigenvalue weighted by Crippen LogP contribution is 2.32. The number of esters is 1. The Morgan fingerprint density at radius 3 is 3.12 bits per heavy atom. The molecular formula is C14H19NO2. The summed E-state index contributed by atoms with van der Waals surface area (Å²) in [5.41, 5.74) is 2.52. The predicted octanol–water partition coefficient (Wildman–Crippen LogP) is 2.22. The molecule has 0 heterocycles. The van der Waals surface area contributed by atoms with Gasteiger partial charge in [0, 0.05) is 6.54 Å². The third-order valence-electron chi connectivity index (χ3n) is 3.17.